The number of carbonyl (C=O) groups excluding carboxylic acids is 1. The molecule has 1 rings (SSSR count). The number of rotatable bonds is 6. The molecule has 3 nitrogen and oxygen atoms in total. The third-order valence-corrected chi connectivity index (χ3v) is 3.95. The molecule has 0 bridgehead atoms. The van der Waals surface area contributed by atoms with Crippen molar-refractivity contribution in [2.75, 3.05) is 5.33 Å². The van der Waals surface area contributed by atoms with Crippen molar-refractivity contribution < 1.29 is 9.53 Å². The summed E-state index contributed by atoms with van der Waals surface area (Å²) in [6, 6.07) is 7.41. The van der Waals surface area contributed by atoms with Crippen molar-refractivity contribution in [3.63, 3.8) is 0 Å². The highest BCUT2D eigenvalue weighted by Crippen LogP contribution is 2.15. The number of halogens is 1. The van der Waals surface area contributed by atoms with Gasteiger partial charge in [0.05, 0.1) is 6.10 Å². The van der Waals surface area contributed by atoms with Crippen LogP contribution in [-0.2, 0) is 0 Å². The molecule has 1 aromatic rings. The van der Waals surface area contributed by atoms with Crippen LogP contribution >= 0.6 is 15.9 Å². The molecule has 0 aliphatic rings. The summed E-state index contributed by atoms with van der Waals surface area (Å²) in [6.07, 6.45) is 0.102. The Hall–Kier alpha value is -1.03. The molecule has 0 fully saturated rings. The van der Waals surface area contributed by atoms with E-state index >= 15 is 0 Å². The minimum absolute atomic E-state index is 0.0606. The van der Waals surface area contributed by atoms with Crippen molar-refractivity contribution in [1.29, 1.82) is 0 Å². The van der Waals surface area contributed by atoms with E-state index in [2.05, 4.69) is 28.2 Å². The van der Waals surface area contributed by atoms with Crippen LogP contribution in [0.25, 0.3) is 0 Å². The van der Waals surface area contributed by atoms with E-state index < -0.39 is 0 Å². The summed E-state index contributed by atoms with van der Waals surface area (Å²) in [5.41, 5.74) is 0.631. The van der Waals surface area contributed by atoms with Gasteiger partial charge in [-0.25, -0.2) is 0 Å². The topological polar surface area (TPSA) is 38.3 Å². The highest BCUT2D eigenvalue weighted by atomic mass is 79.9. The molecule has 19 heavy (non-hydrogen) atoms. The van der Waals surface area contributed by atoms with Crippen LogP contribution < -0.4 is 10.1 Å². The van der Waals surface area contributed by atoms with Gasteiger partial charge in [0.1, 0.15) is 5.75 Å². The zero-order valence-electron chi connectivity index (χ0n) is 11.9. The van der Waals surface area contributed by atoms with E-state index in [1.165, 1.54) is 0 Å². The first-order valence-electron chi connectivity index (χ1n) is 6.57. The van der Waals surface area contributed by atoms with Crippen LogP contribution in [0.2, 0.25) is 0 Å². The van der Waals surface area contributed by atoms with Crippen LogP contribution in [0.1, 0.15) is 38.1 Å². The van der Waals surface area contributed by atoms with E-state index in [1.807, 2.05) is 32.9 Å². The second-order valence-electron chi connectivity index (χ2n) is 5.09. The van der Waals surface area contributed by atoms with Crippen molar-refractivity contribution in [3.05, 3.63) is 29.8 Å². The Morgan fingerprint density at radius 3 is 2.58 bits per heavy atom. The predicted molar refractivity (Wildman–Crippen MR) is 82.1 cm³/mol. The number of benzene rings is 1. The molecule has 4 heteroatoms. The van der Waals surface area contributed by atoms with Crippen molar-refractivity contribution in [1.82, 2.24) is 5.32 Å². The molecule has 1 N–H and O–H groups in total. The standard InChI is InChI=1S/C15H22BrNO2/c1-10(2)19-14-7-5-6-13(8-14)15(18)17-12(4)11(3)9-16/h5-8,10-12H,9H2,1-4H3,(H,17,18). The lowest BCUT2D eigenvalue weighted by molar-refractivity contribution is 0.0930. The van der Waals surface area contributed by atoms with E-state index in [0.717, 1.165) is 11.1 Å². The third kappa shape index (κ3) is 5.23. The maximum atomic E-state index is 12.1. The Bertz CT molecular complexity index is 420. The molecule has 0 aliphatic carbocycles. The normalized spacial score (nSPS) is 14.0. The Labute approximate surface area is 123 Å². The third-order valence-electron chi connectivity index (χ3n) is 2.92. The van der Waals surface area contributed by atoms with Gasteiger partial charge in [-0.3, -0.25) is 4.79 Å². The van der Waals surface area contributed by atoms with Gasteiger partial charge in [0, 0.05) is 16.9 Å². The summed E-state index contributed by atoms with van der Waals surface area (Å²) in [6.45, 7) is 8.04. The first kappa shape index (κ1) is 16.0. The summed E-state index contributed by atoms with van der Waals surface area (Å²) in [5.74, 6) is 1.05. The highest BCUT2D eigenvalue weighted by Gasteiger charge is 2.15. The molecule has 0 aliphatic heterocycles. The van der Waals surface area contributed by atoms with Gasteiger partial charge in [-0.2, -0.15) is 0 Å². The quantitative estimate of drug-likeness (QED) is 0.810. The molecular weight excluding hydrogens is 306 g/mol. The molecule has 106 valence electrons. The zero-order chi connectivity index (χ0) is 14.4. The fraction of sp³-hybridized carbons (Fsp3) is 0.533. The fourth-order valence-corrected chi connectivity index (χ4v) is 2.11. The van der Waals surface area contributed by atoms with Gasteiger partial charge in [-0.15, -0.1) is 0 Å². The highest BCUT2D eigenvalue weighted by molar-refractivity contribution is 9.09. The van der Waals surface area contributed by atoms with Crippen molar-refractivity contribution in [2.45, 2.75) is 39.8 Å². The number of carbonyl (C=O) groups is 1. The number of ether oxygens (including phenoxy) is 1. The largest absolute Gasteiger partial charge is 0.491 e. The Morgan fingerprint density at radius 2 is 2.00 bits per heavy atom. The van der Waals surface area contributed by atoms with Crippen LogP contribution in [0.4, 0.5) is 0 Å². The first-order valence-corrected chi connectivity index (χ1v) is 7.69. The molecule has 0 saturated heterocycles. The van der Waals surface area contributed by atoms with Gasteiger partial charge in [0.15, 0.2) is 0 Å². The fourth-order valence-electron chi connectivity index (χ4n) is 1.55. The van der Waals surface area contributed by atoms with Crippen LogP contribution in [-0.4, -0.2) is 23.4 Å². The lowest BCUT2D eigenvalue weighted by Gasteiger charge is -2.19. The number of alkyl halides is 1. The van der Waals surface area contributed by atoms with Gasteiger partial charge in [0.25, 0.3) is 5.91 Å². The van der Waals surface area contributed by atoms with Crippen molar-refractivity contribution in [3.8, 4) is 5.75 Å². The number of amides is 1. The van der Waals surface area contributed by atoms with Gasteiger partial charge < -0.3 is 10.1 Å². The molecule has 0 aromatic heterocycles. The predicted octanol–water partition coefficient (Wildman–Crippen LogP) is 3.62. The molecule has 2 unspecified atom stereocenters. The Morgan fingerprint density at radius 1 is 1.32 bits per heavy atom. The number of hydrogen-bond donors (Lipinski definition) is 1. The SMILES string of the molecule is CC(C)Oc1cccc(C(=O)NC(C)C(C)CBr)c1. The van der Waals surface area contributed by atoms with Crippen LogP contribution in [0, 0.1) is 5.92 Å². The van der Waals surface area contributed by atoms with E-state index in [-0.39, 0.29) is 18.1 Å². The molecule has 0 radical (unpaired) electrons. The monoisotopic (exact) mass is 327 g/mol. The average molecular weight is 328 g/mol. The summed E-state index contributed by atoms with van der Waals surface area (Å²) in [4.78, 5) is 12.1. The Kier molecular flexibility index (Phi) is 6.35. The average Bonchev–Trinajstić information content (AvgIpc) is 2.37. The maximum absolute atomic E-state index is 12.1. The summed E-state index contributed by atoms with van der Waals surface area (Å²) < 4.78 is 5.59. The van der Waals surface area contributed by atoms with Crippen LogP contribution in [0.15, 0.2) is 24.3 Å². The zero-order valence-corrected chi connectivity index (χ0v) is 13.5. The first-order chi connectivity index (χ1) is 8.93. The van der Waals surface area contributed by atoms with Gasteiger partial charge >= 0.3 is 0 Å². The lowest BCUT2D eigenvalue weighted by Crippen LogP contribution is -2.37. The maximum Gasteiger partial charge on any atom is 0.251 e. The molecule has 1 aromatic carbocycles. The van der Waals surface area contributed by atoms with Crippen molar-refractivity contribution in [2.24, 2.45) is 5.92 Å². The second kappa shape index (κ2) is 7.53. The van der Waals surface area contributed by atoms with Crippen LogP contribution in [0.5, 0.6) is 5.75 Å². The van der Waals surface area contributed by atoms with E-state index in [0.29, 0.717) is 11.5 Å². The lowest BCUT2D eigenvalue weighted by atomic mass is 10.1. The molecule has 1 amide bonds. The Balaban J connectivity index is 2.71. The molecule has 0 spiro atoms. The van der Waals surface area contributed by atoms with Gasteiger partial charge in [-0.05, 0) is 44.9 Å². The van der Waals surface area contributed by atoms with Gasteiger partial charge in [-0.1, -0.05) is 28.9 Å². The van der Waals surface area contributed by atoms with E-state index in [4.69, 9.17) is 4.74 Å². The molecule has 2 atom stereocenters. The minimum Gasteiger partial charge on any atom is -0.491 e. The van der Waals surface area contributed by atoms with E-state index in [9.17, 15) is 4.79 Å². The van der Waals surface area contributed by atoms with Crippen molar-refractivity contribution >= 4 is 21.8 Å². The minimum atomic E-state index is -0.0606. The molecular formula is C15H22BrNO2. The van der Waals surface area contributed by atoms with E-state index in [1.54, 1.807) is 12.1 Å². The summed E-state index contributed by atoms with van der Waals surface area (Å²) in [5, 5.41) is 3.87. The summed E-state index contributed by atoms with van der Waals surface area (Å²) in [7, 11) is 0. The number of hydrogen-bond acceptors (Lipinski definition) is 2. The second-order valence-corrected chi connectivity index (χ2v) is 5.74. The smallest absolute Gasteiger partial charge is 0.251 e. The van der Waals surface area contributed by atoms with Crippen LogP contribution in [0.3, 0.4) is 0 Å². The molecule has 0 heterocycles. The molecule has 0 saturated carbocycles. The summed E-state index contributed by atoms with van der Waals surface area (Å²) >= 11 is 3.43. The number of nitrogens with one attached hydrogen (secondary N) is 1. The van der Waals surface area contributed by atoms with Gasteiger partial charge in [0.2, 0.25) is 0 Å².